The molecule has 2 aromatic rings. The van der Waals surface area contributed by atoms with Crippen LogP contribution in [0.1, 0.15) is 18.7 Å². The molecule has 0 unspecified atom stereocenters. The summed E-state index contributed by atoms with van der Waals surface area (Å²) in [6.07, 6.45) is 4.44. The lowest BCUT2D eigenvalue weighted by Gasteiger charge is -2.10. The number of imidazole rings is 1. The summed E-state index contributed by atoms with van der Waals surface area (Å²) in [4.78, 5) is 9.26. The molecule has 1 aliphatic rings. The van der Waals surface area contributed by atoms with Crippen LogP contribution in [0.5, 0.6) is 0 Å². The van der Waals surface area contributed by atoms with Crippen LogP contribution in [0.4, 0.5) is 0 Å². The van der Waals surface area contributed by atoms with Crippen LogP contribution < -0.4 is 5.32 Å². The molecule has 2 heterocycles. The molecule has 3 nitrogen and oxygen atoms in total. The lowest BCUT2D eigenvalue weighted by Crippen LogP contribution is -2.24. The van der Waals surface area contributed by atoms with Crippen molar-refractivity contribution in [1.82, 2.24) is 15.3 Å². The van der Waals surface area contributed by atoms with E-state index in [2.05, 4.69) is 32.8 Å². The Bertz CT molecular complexity index is 468. The molecule has 2 N–H and O–H groups in total. The van der Waals surface area contributed by atoms with E-state index >= 15 is 0 Å². The number of nitrogens with one attached hydrogen (secondary N) is 2. The maximum absolute atomic E-state index is 4.54. The molecule has 0 amide bonds. The quantitative estimate of drug-likeness (QED) is 0.851. The summed E-state index contributed by atoms with van der Waals surface area (Å²) in [5, 5.41) is 5.35. The van der Waals surface area contributed by atoms with Gasteiger partial charge in [0.2, 0.25) is 0 Å². The van der Waals surface area contributed by atoms with Gasteiger partial charge >= 0.3 is 0 Å². The third-order valence-corrected chi connectivity index (χ3v) is 4.14. The topological polar surface area (TPSA) is 40.7 Å². The zero-order valence-electron chi connectivity index (χ0n) is 9.29. The largest absolute Gasteiger partial charge is 0.341 e. The van der Waals surface area contributed by atoms with Crippen molar-refractivity contribution in [1.29, 1.82) is 0 Å². The Morgan fingerprint density at radius 3 is 3.06 bits per heavy atom. The first-order valence-electron chi connectivity index (χ1n) is 5.58. The maximum atomic E-state index is 4.54. The van der Waals surface area contributed by atoms with Crippen molar-refractivity contribution in [2.75, 3.05) is 13.6 Å². The fourth-order valence-corrected chi connectivity index (χ4v) is 2.83. The van der Waals surface area contributed by atoms with Gasteiger partial charge in [-0.25, -0.2) is 4.98 Å². The Balaban J connectivity index is 1.88. The van der Waals surface area contributed by atoms with E-state index in [9.17, 15) is 0 Å². The molecule has 0 saturated heterocycles. The van der Waals surface area contributed by atoms with E-state index < -0.39 is 0 Å². The molecule has 1 saturated carbocycles. The SMILES string of the molecule is CNCC1(c2ncc(-c3cccs3)[nH]2)CC1. The number of aromatic amines is 1. The van der Waals surface area contributed by atoms with Crippen molar-refractivity contribution in [2.24, 2.45) is 0 Å². The van der Waals surface area contributed by atoms with Gasteiger partial charge in [0.25, 0.3) is 0 Å². The molecule has 84 valence electrons. The third-order valence-electron chi connectivity index (χ3n) is 3.23. The highest BCUT2D eigenvalue weighted by Crippen LogP contribution is 2.46. The summed E-state index contributed by atoms with van der Waals surface area (Å²) in [6.45, 7) is 1.02. The molecule has 2 aromatic heterocycles. The summed E-state index contributed by atoms with van der Waals surface area (Å²) >= 11 is 1.75. The summed E-state index contributed by atoms with van der Waals surface area (Å²) in [5.41, 5.74) is 1.43. The first kappa shape index (κ1) is 10.1. The van der Waals surface area contributed by atoms with Crippen molar-refractivity contribution < 1.29 is 0 Å². The lowest BCUT2D eigenvalue weighted by molar-refractivity contribution is 0.594. The molecule has 4 heteroatoms. The summed E-state index contributed by atoms with van der Waals surface area (Å²) < 4.78 is 0. The minimum Gasteiger partial charge on any atom is -0.341 e. The zero-order valence-corrected chi connectivity index (χ0v) is 10.1. The number of rotatable bonds is 4. The third kappa shape index (κ3) is 1.58. The van der Waals surface area contributed by atoms with Crippen molar-refractivity contribution in [3.05, 3.63) is 29.5 Å². The Hall–Kier alpha value is -1.13. The highest BCUT2D eigenvalue weighted by Gasteiger charge is 2.46. The second kappa shape index (κ2) is 3.71. The Kier molecular flexibility index (Phi) is 2.33. The Labute approximate surface area is 98.9 Å². The van der Waals surface area contributed by atoms with Crippen LogP contribution >= 0.6 is 11.3 Å². The molecule has 16 heavy (non-hydrogen) atoms. The molecule has 1 fully saturated rings. The number of nitrogens with zero attached hydrogens (tertiary/aromatic N) is 1. The van der Waals surface area contributed by atoms with E-state index in [1.165, 1.54) is 17.7 Å². The molecule has 0 atom stereocenters. The van der Waals surface area contributed by atoms with Gasteiger partial charge in [-0.3, -0.25) is 0 Å². The van der Waals surface area contributed by atoms with Crippen LogP contribution in [0, 0.1) is 0 Å². The second-order valence-electron chi connectivity index (χ2n) is 4.43. The monoisotopic (exact) mass is 233 g/mol. The Morgan fingerprint density at radius 1 is 1.56 bits per heavy atom. The average Bonchev–Trinajstić information content (AvgIpc) is 2.76. The van der Waals surface area contributed by atoms with Crippen LogP contribution in [-0.2, 0) is 5.41 Å². The van der Waals surface area contributed by atoms with Crippen LogP contribution in [0.3, 0.4) is 0 Å². The van der Waals surface area contributed by atoms with E-state index in [0.29, 0.717) is 0 Å². The van der Waals surface area contributed by atoms with Crippen molar-refractivity contribution in [3.8, 4) is 10.6 Å². The standard InChI is InChI=1S/C12H15N3S/c1-13-8-12(4-5-12)11-14-7-9(15-11)10-3-2-6-16-10/h2-3,6-7,13H,4-5,8H2,1H3,(H,14,15). The molecule has 0 spiro atoms. The van der Waals surface area contributed by atoms with Crippen LogP contribution in [-0.4, -0.2) is 23.6 Å². The van der Waals surface area contributed by atoms with E-state index in [4.69, 9.17) is 0 Å². The van der Waals surface area contributed by atoms with Crippen molar-refractivity contribution in [2.45, 2.75) is 18.3 Å². The number of aromatic nitrogens is 2. The highest BCUT2D eigenvalue weighted by molar-refractivity contribution is 7.13. The number of H-pyrrole nitrogens is 1. The second-order valence-corrected chi connectivity index (χ2v) is 5.38. The van der Waals surface area contributed by atoms with E-state index in [1.807, 2.05) is 13.2 Å². The number of likely N-dealkylation sites (N-methyl/N-ethyl adjacent to an activating group) is 1. The molecular weight excluding hydrogens is 218 g/mol. The Morgan fingerprint density at radius 2 is 2.44 bits per heavy atom. The summed E-state index contributed by atoms with van der Waals surface area (Å²) in [6, 6.07) is 4.20. The van der Waals surface area contributed by atoms with E-state index in [-0.39, 0.29) is 5.41 Å². The first-order valence-corrected chi connectivity index (χ1v) is 6.46. The maximum Gasteiger partial charge on any atom is 0.114 e. The van der Waals surface area contributed by atoms with Gasteiger partial charge in [-0.1, -0.05) is 6.07 Å². The smallest absolute Gasteiger partial charge is 0.114 e. The van der Waals surface area contributed by atoms with E-state index in [1.54, 1.807) is 11.3 Å². The summed E-state index contributed by atoms with van der Waals surface area (Å²) in [5.74, 6) is 1.14. The molecule has 3 rings (SSSR count). The summed E-state index contributed by atoms with van der Waals surface area (Å²) in [7, 11) is 2.00. The van der Waals surface area contributed by atoms with Gasteiger partial charge in [0.05, 0.1) is 16.8 Å². The molecule has 0 aliphatic heterocycles. The van der Waals surface area contributed by atoms with Crippen LogP contribution in [0.25, 0.3) is 10.6 Å². The molecule has 1 aliphatic carbocycles. The van der Waals surface area contributed by atoms with Gasteiger partial charge in [0.1, 0.15) is 5.82 Å². The lowest BCUT2D eigenvalue weighted by atomic mass is 10.1. The normalized spacial score (nSPS) is 17.6. The first-order chi connectivity index (χ1) is 7.84. The molecule has 0 aromatic carbocycles. The number of hydrogen-bond acceptors (Lipinski definition) is 3. The predicted octanol–water partition coefficient (Wildman–Crippen LogP) is 2.39. The average molecular weight is 233 g/mol. The fourth-order valence-electron chi connectivity index (χ4n) is 2.13. The molecule has 0 bridgehead atoms. The van der Waals surface area contributed by atoms with Crippen molar-refractivity contribution in [3.63, 3.8) is 0 Å². The minimum atomic E-state index is 0.282. The van der Waals surface area contributed by atoms with Gasteiger partial charge in [0.15, 0.2) is 0 Å². The van der Waals surface area contributed by atoms with Crippen LogP contribution in [0.15, 0.2) is 23.7 Å². The number of hydrogen-bond donors (Lipinski definition) is 2. The number of thiophene rings is 1. The van der Waals surface area contributed by atoms with Crippen LogP contribution in [0.2, 0.25) is 0 Å². The zero-order chi connectivity index (χ0) is 11.0. The molecular formula is C12H15N3S. The van der Waals surface area contributed by atoms with Gasteiger partial charge in [-0.15, -0.1) is 11.3 Å². The fraction of sp³-hybridized carbons (Fsp3) is 0.417. The highest BCUT2D eigenvalue weighted by atomic mass is 32.1. The van der Waals surface area contributed by atoms with Crippen molar-refractivity contribution >= 4 is 11.3 Å². The predicted molar refractivity (Wildman–Crippen MR) is 66.7 cm³/mol. The van der Waals surface area contributed by atoms with Gasteiger partial charge < -0.3 is 10.3 Å². The minimum absolute atomic E-state index is 0.282. The molecule has 0 radical (unpaired) electrons. The van der Waals surface area contributed by atoms with Gasteiger partial charge in [0, 0.05) is 12.0 Å². The van der Waals surface area contributed by atoms with Gasteiger partial charge in [-0.2, -0.15) is 0 Å². The van der Waals surface area contributed by atoms with E-state index in [0.717, 1.165) is 18.1 Å². The van der Waals surface area contributed by atoms with Gasteiger partial charge in [-0.05, 0) is 31.3 Å².